The molecule has 0 spiro atoms. The Hall–Kier alpha value is -3.13. The van der Waals surface area contributed by atoms with E-state index in [1.165, 1.54) is 0 Å². The summed E-state index contributed by atoms with van der Waals surface area (Å²) in [5, 5.41) is 10.9. The van der Waals surface area contributed by atoms with E-state index in [2.05, 4.69) is 0 Å². The number of phenols is 1. The topological polar surface area (TPSA) is 112 Å². The highest BCUT2D eigenvalue weighted by atomic mass is 31.1. The van der Waals surface area contributed by atoms with Gasteiger partial charge in [0.2, 0.25) is 0 Å². The molecule has 3 rings (SSSR count). The number of nitrogens with zero attached hydrogens (tertiary/aromatic N) is 1. The van der Waals surface area contributed by atoms with Gasteiger partial charge >= 0.3 is 11.9 Å². The number of aromatic hydroxyl groups is 1. The van der Waals surface area contributed by atoms with E-state index in [0.717, 1.165) is 44.6 Å². The molecule has 2 atom stereocenters. The lowest BCUT2D eigenvalue weighted by Gasteiger charge is -2.23. The van der Waals surface area contributed by atoms with Crippen LogP contribution in [0.5, 0.6) is 11.5 Å². The van der Waals surface area contributed by atoms with Gasteiger partial charge in [0, 0.05) is 16.7 Å². The maximum Gasteiger partial charge on any atom is 0.342 e. The fourth-order valence-electron chi connectivity index (χ4n) is 4.38. The highest BCUT2D eigenvalue weighted by molar-refractivity contribution is 7.20. The molecule has 206 valence electrons. The molecule has 0 aliphatic carbocycles. The fraction of sp³-hybridized carbons (Fsp3) is 0.429. The van der Waals surface area contributed by atoms with Crippen molar-refractivity contribution in [1.82, 2.24) is 4.83 Å². The van der Waals surface area contributed by atoms with Crippen LogP contribution in [0.1, 0.15) is 65.9 Å². The van der Waals surface area contributed by atoms with Crippen molar-refractivity contribution < 1.29 is 38.3 Å². The number of hydrogen-bond acceptors (Lipinski definition) is 8. The lowest BCUT2D eigenvalue weighted by Crippen LogP contribution is -2.36. The molecule has 0 saturated carbocycles. The molecular formula is C28H36NO8P. The van der Waals surface area contributed by atoms with Crippen molar-refractivity contribution in [2.75, 3.05) is 13.2 Å². The van der Waals surface area contributed by atoms with E-state index < -0.39 is 26.6 Å². The number of esters is 2. The third-order valence-corrected chi connectivity index (χ3v) is 7.29. The Kier molecular flexibility index (Phi) is 10.5. The number of ether oxygens (including phenoxy) is 3. The number of fused-ring (bicyclic) bond motifs is 1. The first-order valence-electron chi connectivity index (χ1n) is 12.7. The van der Waals surface area contributed by atoms with Gasteiger partial charge in [0.25, 0.3) is 0 Å². The van der Waals surface area contributed by atoms with Gasteiger partial charge in [0.1, 0.15) is 24.0 Å². The lowest BCUT2D eigenvalue weighted by molar-refractivity contribution is -0.153. The number of carbonyl (C=O) groups is 2. The van der Waals surface area contributed by atoms with E-state index in [1.807, 2.05) is 39.0 Å². The largest absolute Gasteiger partial charge is 0.507 e. The Morgan fingerprint density at radius 2 is 2.00 bits per heavy atom. The molecule has 2 unspecified atom stereocenters. The van der Waals surface area contributed by atoms with Crippen LogP contribution in [0.2, 0.25) is 0 Å². The smallest absolute Gasteiger partial charge is 0.342 e. The van der Waals surface area contributed by atoms with E-state index in [-0.39, 0.29) is 31.1 Å². The SMILES string of the molecule is CCOC(=O)C(C)N(Oc1ccccc1COCC(C)=CCc1c(O)c2c(c(C)c1CC)COC2=O)[PH2]=O. The molecule has 0 radical (unpaired) electrons. The molecule has 1 heterocycles. The number of phenolic OH excluding ortho intramolecular Hbond substituents is 1. The molecule has 0 saturated heterocycles. The van der Waals surface area contributed by atoms with E-state index >= 15 is 0 Å². The third kappa shape index (κ3) is 6.65. The number of hydroxylamine groups is 1. The molecule has 0 bridgehead atoms. The summed E-state index contributed by atoms with van der Waals surface area (Å²) in [7, 11) is -1.54. The van der Waals surface area contributed by atoms with Crippen LogP contribution in [-0.2, 0) is 49.6 Å². The minimum atomic E-state index is -1.54. The van der Waals surface area contributed by atoms with Crippen molar-refractivity contribution in [3.05, 3.63) is 69.3 Å². The molecule has 1 N–H and O–H groups in total. The number of carbonyl (C=O) groups excluding carboxylic acids is 2. The Labute approximate surface area is 224 Å². The summed E-state index contributed by atoms with van der Waals surface area (Å²) in [5.41, 5.74) is 5.48. The van der Waals surface area contributed by atoms with Crippen LogP contribution >= 0.6 is 8.61 Å². The van der Waals surface area contributed by atoms with E-state index in [4.69, 9.17) is 19.0 Å². The van der Waals surface area contributed by atoms with Gasteiger partial charge in [0.05, 0.1) is 19.8 Å². The zero-order valence-corrected chi connectivity index (χ0v) is 23.7. The lowest BCUT2D eigenvalue weighted by atomic mass is 9.89. The Morgan fingerprint density at radius 3 is 2.68 bits per heavy atom. The average Bonchev–Trinajstić information content (AvgIpc) is 3.30. The van der Waals surface area contributed by atoms with Crippen LogP contribution in [0.3, 0.4) is 0 Å². The van der Waals surface area contributed by atoms with E-state index in [0.29, 0.717) is 18.8 Å². The Bertz CT molecular complexity index is 1230. The molecule has 1 aliphatic heterocycles. The molecule has 2 aromatic carbocycles. The van der Waals surface area contributed by atoms with Crippen molar-refractivity contribution in [1.29, 1.82) is 0 Å². The Morgan fingerprint density at radius 1 is 1.26 bits per heavy atom. The zero-order chi connectivity index (χ0) is 27.8. The molecule has 38 heavy (non-hydrogen) atoms. The molecule has 0 fully saturated rings. The molecule has 0 amide bonds. The maximum atomic E-state index is 12.1. The van der Waals surface area contributed by atoms with Crippen LogP contribution < -0.4 is 4.84 Å². The van der Waals surface area contributed by atoms with Crippen molar-refractivity contribution in [3.8, 4) is 11.5 Å². The van der Waals surface area contributed by atoms with Crippen LogP contribution in [0.15, 0.2) is 35.9 Å². The van der Waals surface area contributed by atoms with Gasteiger partial charge in [0.15, 0.2) is 14.4 Å². The van der Waals surface area contributed by atoms with Crippen LogP contribution in [0, 0.1) is 6.92 Å². The highest BCUT2D eigenvalue weighted by Gasteiger charge is 2.31. The molecule has 9 nitrogen and oxygen atoms in total. The predicted molar refractivity (Wildman–Crippen MR) is 144 cm³/mol. The quantitative estimate of drug-likeness (QED) is 0.163. The normalized spacial score (nSPS) is 14.2. The number of para-hydroxylation sites is 1. The summed E-state index contributed by atoms with van der Waals surface area (Å²) in [6.07, 6.45) is 3.16. The summed E-state index contributed by atoms with van der Waals surface area (Å²) >= 11 is 0. The maximum absolute atomic E-state index is 12.1. The van der Waals surface area contributed by atoms with Crippen LogP contribution in [0.25, 0.3) is 0 Å². The van der Waals surface area contributed by atoms with E-state index in [9.17, 15) is 19.3 Å². The minimum absolute atomic E-state index is 0.00287. The van der Waals surface area contributed by atoms with Gasteiger partial charge in [-0.2, -0.15) is 0 Å². The summed E-state index contributed by atoms with van der Waals surface area (Å²) < 4.78 is 27.8. The zero-order valence-electron chi connectivity index (χ0n) is 22.5. The monoisotopic (exact) mass is 545 g/mol. The van der Waals surface area contributed by atoms with E-state index in [1.54, 1.807) is 26.0 Å². The van der Waals surface area contributed by atoms with Crippen LogP contribution in [0.4, 0.5) is 0 Å². The molecule has 10 heteroatoms. The predicted octanol–water partition coefficient (Wildman–Crippen LogP) is 4.86. The third-order valence-electron chi connectivity index (χ3n) is 6.53. The summed E-state index contributed by atoms with van der Waals surface area (Å²) in [6.45, 7) is 10.2. The summed E-state index contributed by atoms with van der Waals surface area (Å²) in [5.74, 6) is -0.559. The number of hydrogen-bond donors (Lipinski definition) is 1. The first kappa shape index (κ1) is 29.4. The van der Waals surface area contributed by atoms with Gasteiger partial charge in [-0.1, -0.05) is 41.6 Å². The van der Waals surface area contributed by atoms with Crippen molar-refractivity contribution in [2.24, 2.45) is 0 Å². The molecular weight excluding hydrogens is 509 g/mol. The molecule has 0 aromatic heterocycles. The van der Waals surface area contributed by atoms with Crippen molar-refractivity contribution in [3.63, 3.8) is 0 Å². The fourth-order valence-corrected chi connectivity index (χ4v) is 4.84. The summed E-state index contributed by atoms with van der Waals surface area (Å²) in [4.78, 5) is 31.1. The van der Waals surface area contributed by atoms with Gasteiger partial charge < -0.3 is 28.7 Å². The number of rotatable bonds is 13. The Balaban J connectivity index is 1.66. The number of cyclic esters (lactones) is 1. The van der Waals surface area contributed by atoms with Gasteiger partial charge in [-0.25, -0.2) is 4.79 Å². The van der Waals surface area contributed by atoms with Crippen molar-refractivity contribution in [2.45, 2.75) is 66.7 Å². The highest BCUT2D eigenvalue weighted by Crippen LogP contribution is 2.38. The standard InChI is InChI=1S/C28H36NO8P/c1-6-21-18(4)23-16-36-28(32)25(23)26(30)22(21)13-12-17(3)14-34-15-20-10-8-9-11-24(20)37-29(38-33)19(5)27(31)35-7-2/h8-12,19,30H,6-7,13-16,38H2,1-5H3. The second kappa shape index (κ2) is 13.6. The first-order chi connectivity index (χ1) is 18.2. The molecule has 1 aliphatic rings. The summed E-state index contributed by atoms with van der Waals surface area (Å²) in [6, 6.07) is 6.35. The van der Waals surface area contributed by atoms with Gasteiger partial charge in [-0.3, -0.25) is 4.79 Å². The molecule has 2 aromatic rings. The second-order valence-corrected chi connectivity index (χ2v) is 9.77. The second-order valence-electron chi connectivity index (χ2n) is 9.05. The first-order valence-corrected chi connectivity index (χ1v) is 13.6. The van der Waals surface area contributed by atoms with Gasteiger partial charge in [-0.15, -0.1) is 0 Å². The number of allylic oxidation sites excluding steroid dienone is 1. The van der Waals surface area contributed by atoms with Crippen molar-refractivity contribution >= 4 is 20.5 Å². The number of benzene rings is 2. The van der Waals surface area contributed by atoms with Gasteiger partial charge in [-0.05, 0) is 57.7 Å². The van der Waals surface area contributed by atoms with Crippen LogP contribution in [-0.4, -0.2) is 41.1 Å². The minimum Gasteiger partial charge on any atom is -0.507 e. The average molecular weight is 546 g/mol.